The van der Waals surface area contributed by atoms with E-state index in [-0.39, 0.29) is 5.56 Å². The molecule has 0 amide bonds. The third-order valence-corrected chi connectivity index (χ3v) is 5.40. The maximum absolute atomic E-state index is 13.1. The number of nitrogens with zero attached hydrogens (tertiary/aromatic N) is 6. The number of hydrogen-bond donors (Lipinski definition) is 1. The summed E-state index contributed by atoms with van der Waals surface area (Å²) in [4.78, 5) is 24.9. The number of pyridine rings is 1. The molecule has 0 unspecified atom stereocenters. The summed E-state index contributed by atoms with van der Waals surface area (Å²) in [6.45, 7) is 0. The quantitative estimate of drug-likeness (QED) is 0.517. The van der Waals surface area contributed by atoms with Crippen LogP contribution in [-0.2, 0) is 0 Å². The second-order valence-electron chi connectivity index (χ2n) is 6.12. The van der Waals surface area contributed by atoms with Crippen molar-refractivity contribution in [2.24, 2.45) is 0 Å². The summed E-state index contributed by atoms with van der Waals surface area (Å²) in [5, 5.41) is 11.5. The molecule has 0 fully saturated rings. The lowest BCUT2D eigenvalue weighted by atomic mass is 10.2. The van der Waals surface area contributed by atoms with Gasteiger partial charge in [-0.1, -0.05) is 5.21 Å². The van der Waals surface area contributed by atoms with Crippen molar-refractivity contribution in [3.05, 3.63) is 47.1 Å². The molecule has 0 saturated carbocycles. The van der Waals surface area contributed by atoms with Gasteiger partial charge < -0.3 is 4.90 Å². The molecule has 5 rings (SSSR count). The van der Waals surface area contributed by atoms with E-state index < -0.39 is 0 Å². The molecule has 0 aliphatic heterocycles. The van der Waals surface area contributed by atoms with E-state index >= 15 is 0 Å². The number of thiophene rings is 1. The van der Waals surface area contributed by atoms with Crippen LogP contribution in [0.1, 0.15) is 0 Å². The Morgan fingerprint density at radius 3 is 2.92 bits per heavy atom. The Morgan fingerprint density at radius 1 is 1.19 bits per heavy atom. The number of anilines is 1. The van der Waals surface area contributed by atoms with Gasteiger partial charge in [0.05, 0.1) is 27.8 Å². The van der Waals surface area contributed by atoms with Gasteiger partial charge in [0.1, 0.15) is 21.4 Å². The van der Waals surface area contributed by atoms with Crippen molar-refractivity contribution in [1.82, 2.24) is 29.9 Å². The van der Waals surface area contributed by atoms with Crippen molar-refractivity contribution >= 4 is 48.5 Å². The average Bonchev–Trinajstić information content (AvgIpc) is 3.25. The number of fused-ring (bicyclic) bond motifs is 4. The van der Waals surface area contributed by atoms with Crippen molar-refractivity contribution < 1.29 is 0 Å². The number of benzene rings is 1. The number of aromatic nitrogens is 6. The van der Waals surface area contributed by atoms with Gasteiger partial charge >= 0.3 is 0 Å². The smallest absolute Gasteiger partial charge is 0.275 e. The molecular weight excluding hydrogens is 350 g/mol. The first-order valence-corrected chi connectivity index (χ1v) is 8.72. The van der Waals surface area contributed by atoms with E-state index in [1.807, 2.05) is 43.3 Å². The van der Waals surface area contributed by atoms with E-state index in [0.717, 1.165) is 21.4 Å². The van der Waals surface area contributed by atoms with Crippen LogP contribution in [0.4, 0.5) is 5.69 Å². The van der Waals surface area contributed by atoms with Gasteiger partial charge in [-0.3, -0.25) is 14.5 Å². The predicted octanol–water partition coefficient (Wildman–Crippen LogP) is 2.33. The summed E-state index contributed by atoms with van der Waals surface area (Å²) < 4.78 is 2.12. The molecule has 8 nitrogen and oxygen atoms in total. The summed E-state index contributed by atoms with van der Waals surface area (Å²) in [5.41, 5.74) is 3.77. The molecule has 0 radical (unpaired) electrons. The number of aromatic amines is 1. The second-order valence-corrected chi connectivity index (χ2v) is 7.12. The number of H-pyrrole nitrogens is 1. The van der Waals surface area contributed by atoms with E-state index in [9.17, 15) is 4.79 Å². The molecule has 0 saturated heterocycles. The van der Waals surface area contributed by atoms with Crippen LogP contribution in [0.15, 0.2) is 41.6 Å². The number of hydrogen-bond acceptors (Lipinski definition) is 7. The highest BCUT2D eigenvalue weighted by Crippen LogP contribution is 2.35. The Morgan fingerprint density at radius 2 is 2.08 bits per heavy atom. The van der Waals surface area contributed by atoms with Crippen molar-refractivity contribution in [3.63, 3.8) is 0 Å². The van der Waals surface area contributed by atoms with Gasteiger partial charge in [0, 0.05) is 20.3 Å². The Hall–Kier alpha value is -3.33. The Labute approximate surface area is 150 Å². The van der Waals surface area contributed by atoms with Crippen LogP contribution in [-0.4, -0.2) is 44.0 Å². The molecule has 1 aromatic carbocycles. The summed E-state index contributed by atoms with van der Waals surface area (Å²) >= 11 is 1.37. The molecule has 9 heteroatoms. The maximum atomic E-state index is 13.1. The van der Waals surface area contributed by atoms with Gasteiger partial charge in [0.25, 0.3) is 5.56 Å². The lowest BCUT2D eigenvalue weighted by molar-refractivity contribution is 0.957. The minimum Gasteiger partial charge on any atom is -0.377 e. The van der Waals surface area contributed by atoms with Gasteiger partial charge in [-0.15, -0.1) is 16.4 Å². The molecule has 0 spiro atoms. The van der Waals surface area contributed by atoms with Crippen molar-refractivity contribution in [3.8, 4) is 5.69 Å². The zero-order valence-corrected chi connectivity index (χ0v) is 14.8. The molecule has 4 heterocycles. The van der Waals surface area contributed by atoms with Crippen LogP contribution in [0.25, 0.3) is 37.2 Å². The van der Waals surface area contributed by atoms with E-state index in [4.69, 9.17) is 0 Å². The highest BCUT2D eigenvalue weighted by atomic mass is 32.1. The molecule has 26 heavy (non-hydrogen) atoms. The topological polar surface area (TPSA) is 92.6 Å². The normalized spacial score (nSPS) is 11.6. The summed E-state index contributed by atoms with van der Waals surface area (Å²) in [6, 6.07) is 7.43. The van der Waals surface area contributed by atoms with Gasteiger partial charge in [0.2, 0.25) is 0 Å². The summed E-state index contributed by atoms with van der Waals surface area (Å²) in [6.07, 6.45) is 3.31. The third kappa shape index (κ3) is 2.04. The number of nitrogens with one attached hydrogen (secondary N) is 1. The van der Waals surface area contributed by atoms with Gasteiger partial charge in [-0.25, -0.2) is 9.97 Å². The minimum atomic E-state index is -0.120. The lowest BCUT2D eigenvalue weighted by Crippen LogP contribution is -2.17. The molecule has 128 valence electrons. The number of rotatable bonds is 2. The van der Waals surface area contributed by atoms with Crippen LogP contribution >= 0.6 is 11.3 Å². The summed E-state index contributed by atoms with van der Waals surface area (Å²) in [5.74, 6) is 0. The first kappa shape index (κ1) is 15.0. The Bertz CT molecular complexity index is 1350. The SMILES string of the molecule is CN(C)c1ccnc2sc3c(=O)n(-c4ccc5[nH]nnc5c4)cnc3c12. The van der Waals surface area contributed by atoms with Crippen molar-refractivity contribution in [2.45, 2.75) is 0 Å². The monoisotopic (exact) mass is 363 g/mol. The molecule has 1 N–H and O–H groups in total. The van der Waals surface area contributed by atoms with E-state index in [1.54, 1.807) is 12.5 Å². The van der Waals surface area contributed by atoms with Gasteiger partial charge in [-0.2, -0.15) is 0 Å². The molecule has 0 aliphatic rings. The molecule has 0 bridgehead atoms. The third-order valence-electron chi connectivity index (χ3n) is 4.33. The maximum Gasteiger partial charge on any atom is 0.275 e. The lowest BCUT2D eigenvalue weighted by Gasteiger charge is -2.13. The van der Waals surface area contributed by atoms with Crippen LogP contribution in [0, 0.1) is 0 Å². The fourth-order valence-corrected chi connectivity index (χ4v) is 4.12. The fraction of sp³-hybridized carbons (Fsp3) is 0.118. The van der Waals surface area contributed by atoms with Gasteiger partial charge in [0.15, 0.2) is 0 Å². The van der Waals surface area contributed by atoms with E-state index in [2.05, 4.69) is 25.4 Å². The van der Waals surface area contributed by atoms with Crippen LogP contribution in [0.2, 0.25) is 0 Å². The molecule has 0 aliphatic carbocycles. The minimum absolute atomic E-state index is 0.120. The van der Waals surface area contributed by atoms with Crippen LogP contribution in [0.3, 0.4) is 0 Å². The summed E-state index contributed by atoms with van der Waals surface area (Å²) in [7, 11) is 3.93. The van der Waals surface area contributed by atoms with E-state index in [0.29, 0.717) is 21.4 Å². The Balaban J connectivity index is 1.81. The average molecular weight is 363 g/mol. The second kappa shape index (κ2) is 5.33. The van der Waals surface area contributed by atoms with Gasteiger partial charge in [-0.05, 0) is 24.3 Å². The molecular formula is C17H13N7OS. The standard InChI is InChI=1S/C17H13N7OS/c1-23(2)12-5-6-18-16-13(12)14-15(26-16)17(25)24(8-19-14)9-3-4-10-11(7-9)21-22-20-10/h3-8H,1-2H3,(H,20,21,22). The largest absolute Gasteiger partial charge is 0.377 e. The fourth-order valence-electron chi connectivity index (χ4n) is 3.07. The highest BCUT2D eigenvalue weighted by molar-refractivity contribution is 7.25. The van der Waals surface area contributed by atoms with Crippen LogP contribution < -0.4 is 10.5 Å². The van der Waals surface area contributed by atoms with Crippen LogP contribution in [0.5, 0.6) is 0 Å². The van der Waals surface area contributed by atoms with Crippen molar-refractivity contribution in [2.75, 3.05) is 19.0 Å². The Kier molecular flexibility index (Phi) is 3.07. The first-order chi connectivity index (χ1) is 12.6. The predicted molar refractivity (Wildman–Crippen MR) is 102 cm³/mol. The zero-order valence-electron chi connectivity index (χ0n) is 14.0. The zero-order chi connectivity index (χ0) is 17.8. The molecule has 4 aromatic heterocycles. The molecule has 5 aromatic rings. The highest BCUT2D eigenvalue weighted by Gasteiger charge is 2.17. The molecule has 0 atom stereocenters. The van der Waals surface area contributed by atoms with Crippen molar-refractivity contribution in [1.29, 1.82) is 0 Å². The first-order valence-electron chi connectivity index (χ1n) is 7.91. The van der Waals surface area contributed by atoms with E-state index in [1.165, 1.54) is 15.9 Å².